The first-order chi connectivity index (χ1) is 8.68. The Hall–Kier alpha value is 0.708. The van der Waals surface area contributed by atoms with Crippen molar-refractivity contribution in [1.82, 2.24) is 4.98 Å². The van der Waals surface area contributed by atoms with E-state index in [4.69, 9.17) is 17.3 Å². The van der Waals surface area contributed by atoms with Gasteiger partial charge in [0.25, 0.3) is 0 Å². The predicted molar refractivity (Wildman–Crippen MR) is 96.3 cm³/mol. The zero-order chi connectivity index (χ0) is 16.2. The van der Waals surface area contributed by atoms with E-state index in [0.717, 1.165) is 13.0 Å². The Morgan fingerprint density at radius 2 is 0.950 bits per heavy atom. The highest BCUT2D eigenvalue weighted by molar-refractivity contribution is 6.89. The van der Waals surface area contributed by atoms with Crippen molar-refractivity contribution in [2.75, 3.05) is 6.54 Å². The number of nitrogens with zero attached hydrogens (tertiary/aromatic N) is 1. The SMILES string of the molecule is CCC[N][Si](O[Si](C)(C)C)(O[Si](C)(C)C)O[Si](C)(C)C. The van der Waals surface area contributed by atoms with Gasteiger partial charge in [-0.15, -0.1) is 0 Å². The molecule has 0 aromatic heterocycles. The molecule has 0 bridgehead atoms. The van der Waals surface area contributed by atoms with Gasteiger partial charge in [0.05, 0.1) is 0 Å². The Balaban J connectivity index is 5.38. The molecule has 0 spiro atoms. The first-order valence-corrected chi connectivity index (χ1v) is 19.4. The van der Waals surface area contributed by atoms with Crippen molar-refractivity contribution in [3.63, 3.8) is 0 Å². The van der Waals surface area contributed by atoms with Crippen LogP contribution in [0.25, 0.3) is 0 Å². The van der Waals surface area contributed by atoms with Crippen molar-refractivity contribution in [1.29, 1.82) is 0 Å². The largest absolute Gasteiger partial charge is 0.581 e. The average Bonchev–Trinajstić information content (AvgIpc) is 2.05. The van der Waals surface area contributed by atoms with Gasteiger partial charge in [-0.2, -0.15) is 4.98 Å². The standard InChI is InChI=1S/C12H34NO3Si4/c1-11-12-13-20(14-17(2,3)4,15-18(5,6)7)16-19(8,9)10/h11-12H2,1-10H3. The Kier molecular flexibility index (Phi) is 7.57. The van der Waals surface area contributed by atoms with E-state index in [1.165, 1.54) is 0 Å². The molecule has 0 aromatic carbocycles. The molecule has 20 heavy (non-hydrogen) atoms. The molecule has 0 fully saturated rings. The van der Waals surface area contributed by atoms with Gasteiger partial charge >= 0.3 is 8.97 Å². The second-order valence-electron chi connectivity index (χ2n) is 8.05. The van der Waals surface area contributed by atoms with Crippen LogP contribution in [0.3, 0.4) is 0 Å². The third-order valence-electron chi connectivity index (χ3n) is 1.83. The molecule has 0 heterocycles. The first kappa shape index (κ1) is 20.7. The Labute approximate surface area is 130 Å². The quantitative estimate of drug-likeness (QED) is 0.589. The molecule has 0 aliphatic heterocycles. The predicted octanol–water partition coefficient (Wildman–Crippen LogP) is 3.99. The van der Waals surface area contributed by atoms with Gasteiger partial charge in [-0.3, -0.25) is 0 Å². The van der Waals surface area contributed by atoms with Crippen LogP contribution in [-0.2, 0) is 12.3 Å². The summed E-state index contributed by atoms with van der Waals surface area (Å²) in [4.78, 5) is 4.81. The smallest absolute Gasteiger partial charge is 0.404 e. The van der Waals surface area contributed by atoms with Crippen molar-refractivity contribution >= 4 is 33.9 Å². The van der Waals surface area contributed by atoms with E-state index in [0.29, 0.717) is 0 Å². The zero-order valence-electron chi connectivity index (χ0n) is 15.1. The highest BCUT2D eigenvalue weighted by atomic mass is 28.5. The van der Waals surface area contributed by atoms with E-state index in [1.807, 2.05) is 0 Å². The zero-order valence-corrected chi connectivity index (χ0v) is 19.1. The van der Waals surface area contributed by atoms with Crippen molar-refractivity contribution in [2.45, 2.75) is 72.3 Å². The first-order valence-electron chi connectivity index (χ1n) is 7.47. The molecule has 4 nitrogen and oxygen atoms in total. The Morgan fingerprint density at radius 1 is 0.650 bits per heavy atom. The molecule has 121 valence electrons. The summed E-state index contributed by atoms with van der Waals surface area (Å²) in [5.74, 6) is 0. The summed E-state index contributed by atoms with van der Waals surface area (Å²) in [6.07, 6.45) is 0.994. The van der Waals surface area contributed by atoms with E-state index in [9.17, 15) is 0 Å². The summed E-state index contributed by atoms with van der Waals surface area (Å²) in [6, 6.07) is 0. The van der Waals surface area contributed by atoms with Crippen LogP contribution in [0.1, 0.15) is 13.3 Å². The second kappa shape index (κ2) is 7.31. The summed E-state index contributed by atoms with van der Waals surface area (Å²) in [5, 5.41) is 0. The van der Waals surface area contributed by atoms with Crippen molar-refractivity contribution in [3.8, 4) is 0 Å². The van der Waals surface area contributed by atoms with Gasteiger partial charge < -0.3 is 12.3 Å². The normalized spacial score (nSPS) is 14.7. The lowest BCUT2D eigenvalue weighted by atomic mass is 10.5. The molecule has 0 N–H and O–H groups in total. The summed E-state index contributed by atoms with van der Waals surface area (Å²) >= 11 is 0. The third-order valence-corrected chi connectivity index (χ3v) is 12.9. The average molecular weight is 353 g/mol. The fourth-order valence-electron chi connectivity index (χ4n) is 1.57. The molecule has 0 aromatic rings. The van der Waals surface area contributed by atoms with Gasteiger partial charge in [0.1, 0.15) is 0 Å². The number of rotatable bonds is 9. The molecule has 8 heteroatoms. The van der Waals surface area contributed by atoms with Gasteiger partial charge in [-0.1, -0.05) is 6.92 Å². The molecule has 0 saturated carbocycles. The molecule has 0 saturated heterocycles. The van der Waals surface area contributed by atoms with E-state index in [2.05, 4.69) is 65.8 Å². The maximum absolute atomic E-state index is 6.42. The topological polar surface area (TPSA) is 41.8 Å². The van der Waals surface area contributed by atoms with Crippen LogP contribution < -0.4 is 4.98 Å². The fourth-order valence-corrected chi connectivity index (χ4v) is 13.8. The highest BCUT2D eigenvalue weighted by Crippen LogP contribution is 2.24. The summed E-state index contributed by atoms with van der Waals surface area (Å²) < 4.78 is 19.2. The van der Waals surface area contributed by atoms with Crippen LogP contribution in [0.2, 0.25) is 58.9 Å². The molecule has 0 rings (SSSR count). The van der Waals surface area contributed by atoms with E-state index < -0.39 is 33.9 Å². The minimum atomic E-state index is -2.91. The molecule has 0 atom stereocenters. The summed E-state index contributed by atoms with van der Waals surface area (Å²) in [5.41, 5.74) is 0. The molecule has 1 radical (unpaired) electrons. The second-order valence-corrected chi connectivity index (χ2v) is 24.5. The maximum Gasteiger partial charge on any atom is 0.581 e. The van der Waals surface area contributed by atoms with Gasteiger partial charge in [0.15, 0.2) is 25.0 Å². The molecule has 0 aliphatic rings. The van der Waals surface area contributed by atoms with Crippen molar-refractivity contribution in [3.05, 3.63) is 0 Å². The minimum Gasteiger partial charge on any atom is -0.404 e. The van der Waals surface area contributed by atoms with Crippen molar-refractivity contribution < 1.29 is 12.3 Å². The Morgan fingerprint density at radius 3 is 1.15 bits per heavy atom. The molecular formula is C12H34NO3Si4. The van der Waals surface area contributed by atoms with Gasteiger partial charge in [-0.25, -0.2) is 0 Å². The van der Waals surface area contributed by atoms with Crippen LogP contribution in [0.15, 0.2) is 0 Å². The maximum atomic E-state index is 6.42. The third kappa shape index (κ3) is 10.4. The van der Waals surface area contributed by atoms with Crippen LogP contribution in [0, 0.1) is 0 Å². The Bertz CT molecular complexity index is 254. The number of hydrogen-bond donors (Lipinski definition) is 0. The van der Waals surface area contributed by atoms with Crippen LogP contribution in [0.4, 0.5) is 0 Å². The van der Waals surface area contributed by atoms with E-state index >= 15 is 0 Å². The summed E-state index contributed by atoms with van der Waals surface area (Å²) in [6.45, 7) is 22.5. The lowest BCUT2D eigenvalue weighted by Crippen LogP contribution is -2.66. The van der Waals surface area contributed by atoms with Crippen LogP contribution >= 0.6 is 0 Å². The van der Waals surface area contributed by atoms with Crippen molar-refractivity contribution in [2.24, 2.45) is 0 Å². The fraction of sp³-hybridized carbons (Fsp3) is 1.00. The summed E-state index contributed by atoms with van der Waals surface area (Å²) in [7, 11) is -8.25. The van der Waals surface area contributed by atoms with Gasteiger partial charge in [0.2, 0.25) is 0 Å². The highest BCUT2D eigenvalue weighted by Gasteiger charge is 2.51. The molecular weight excluding hydrogens is 318 g/mol. The molecule has 0 aliphatic carbocycles. The lowest BCUT2D eigenvalue weighted by molar-refractivity contribution is 0.232. The van der Waals surface area contributed by atoms with E-state index in [1.54, 1.807) is 0 Å². The van der Waals surface area contributed by atoms with Gasteiger partial charge in [-0.05, 0) is 65.3 Å². The van der Waals surface area contributed by atoms with Crippen LogP contribution in [-0.4, -0.2) is 40.5 Å². The molecule has 0 unspecified atom stereocenters. The van der Waals surface area contributed by atoms with Gasteiger partial charge in [0, 0.05) is 6.54 Å². The van der Waals surface area contributed by atoms with E-state index in [-0.39, 0.29) is 0 Å². The van der Waals surface area contributed by atoms with Crippen LogP contribution in [0.5, 0.6) is 0 Å². The molecule has 0 amide bonds. The monoisotopic (exact) mass is 352 g/mol. The minimum absolute atomic E-state index is 0.756. The number of hydrogen-bond acceptors (Lipinski definition) is 3. The lowest BCUT2D eigenvalue weighted by Gasteiger charge is -2.41.